The molecule has 6 nitrogen and oxygen atoms in total. The van der Waals surface area contributed by atoms with Gasteiger partial charge in [0, 0.05) is 5.56 Å². The Labute approximate surface area is 124 Å². The van der Waals surface area contributed by atoms with E-state index in [1.807, 2.05) is 6.07 Å². The summed E-state index contributed by atoms with van der Waals surface area (Å²) >= 11 is 2.65. The first-order chi connectivity index (χ1) is 9.66. The van der Waals surface area contributed by atoms with Crippen LogP contribution in [0.5, 0.6) is 0 Å². The van der Waals surface area contributed by atoms with Gasteiger partial charge in [0.2, 0.25) is 0 Å². The molecule has 0 aliphatic rings. The van der Waals surface area contributed by atoms with Crippen LogP contribution in [0.4, 0.5) is 0 Å². The quantitative estimate of drug-likeness (QED) is 0.660. The fourth-order valence-electron chi connectivity index (χ4n) is 1.30. The number of hydrazine groups is 1. The summed E-state index contributed by atoms with van der Waals surface area (Å²) in [5.74, 6) is -0.651. The average Bonchev–Trinajstić information content (AvgIpc) is 2.98. The largest absolute Gasteiger partial charge is 0.272 e. The zero-order chi connectivity index (χ0) is 14.4. The van der Waals surface area contributed by atoms with E-state index in [-0.39, 0.29) is 17.1 Å². The molecule has 2 amide bonds. The highest BCUT2D eigenvalue weighted by atomic mass is 32.2. The molecule has 20 heavy (non-hydrogen) atoms. The molecule has 1 heterocycles. The number of rotatable bonds is 4. The normalized spacial score (nSPS) is 11.7. The lowest BCUT2D eigenvalue weighted by Gasteiger charge is -2.11. The summed E-state index contributed by atoms with van der Waals surface area (Å²) in [6.07, 6.45) is 0. The third kappa shape index (κ3) is 4.04. The molecular formula is C12H12N4O2S2. The Balaban J connectivity index is 1.81. The van der Waals surface area contributed by atoms with Gasteiger partial charge in [0.15, 0.2) is 4.34 Å². The summed E-state index contributed by atoms with van der Waals surface area (Å²) in [6.45, 7) is 1.73. The molecule has 104 valence electrons. The molecule has 1 atom stereocenters. The molecule has 1 aromatic carbocycles. The maximum absolute atomic E-state index is 11.8. The SMILES string of the molecule is CC(Sc1nncs1)C(=O)NNC(=O)c1ccccc1. The van der Waals surface area contributed by atoms with Gasteiger partial charge < -0.3 is 0 Å². The Morgan fingerprint density at radius 3 is 2.65 bits per heavy atom. The van der Waals surface area contributed by atoms with E-state index in [0.29, 0.717) is 9.90 Å². The Bertz CT molecular complexity index is 574. The number of amides is 2. The minimum Gasteiger partial charge on any atom is -0.272 e. The first-order valence-electron chi connectivity index (χ1n) is 5.75. The van der Waals surface area contributed by atoms with Crippen LogP contribution in [0.1, 0.15) is 17.3 Å². The van der Waals surface area contributed by atoms with Gasteiger partial charge in [-0.3, -0.25) is 20.4 Å². The number of thioether (sulfide) groups is 1. The molecule has 0 saturated heterocycles. The number of benzene rings is 1. The molecule has 2 aromatic rings. The Kier molecular flexibility index (Phi) is 5.08. The van der Waals surface area contributed by atoms with Crippen molar-refractivity contribution >= 4 is 34.9 Å². The van der Waals surface area contributed by atoms with Crippen LogP contribution in [0.2, 0.25) is 0 Å². The van der Waals surface area contributed by atoms with Crippen molar-refractivity contribution in [3.63, 3.8) is 0 Å². The lowest BCUT2D eigenvalue weighted by atomic mass is 10.2. The predicted molar refractivity (Wildman–Crippen MR) is 77.3 cm³/mol. The topological polar surface area (TPSA) is 84.0 Å². The van der Waals surface area contributed by atoms with E-state index < -0.39 is 0 Å². The van der Waals surface area contributed by atoms with Crippen LogP contribution < -0.4 is 10.9 Å². The van der Waals surface area contributed by atoms with Crippen molar-refractivity contribution in [2.45, 2.75) is 16.5 Å². The fraction of sp³-hybridized carbons (Fsp3) is 0.167. The summed E-state index contributed by atoms with van der Waals surface area (Å²) in [4.78, 5) is 23.6. The molecule has 2 N–H and O–H groups in total. The number of carbonyl (C=O) groups is 2. The summed E-state index contributed by atoms with van der Waals surface area (Å²) < 4.78 is 0.710. The molecule has 0 aliphatic carbocycles. The van der Waals surface area contributed by atoms with Crippen molar-refractivity contribution in [2.24, 2.45) is 0 Å². The van der Waals surface area contributed by atoms with E-state index in [2.05, 4.69) is 21.0 Å². The van der Waals surface area contributed by atoms with Gasteiger partial charge in [-0.1, -0.05) is 41.3 Å². The predicted octanol–water partition coefficient (Wildman–Crippen LogP) is 1.48. The van der Waals surface area contributed by atoms with Gasteiger partial charge in [0.25, 0.3) is 11.8 Å². The molecule has 1 unspecified atom stereocenters. The van der Waals surface area contributed by atoms with Crippen LogP contribution in [0.15, 0.2) is 40.2 Å². The summed E-state index contributed by atoms with van der Waals surface area (Å²) in [5, 5.41) is 7.16. The van der Waals surface area contributed by atoms with Gasteiger partial charge in [-0.15, -0.1) is 10.2 Å². The van der Waals surface area contributed by atoms with E-state index in [0.717, 1.165) is 0 Å². The number of carbonyl (C=O) groups excluding carboxylic acids is 2. The summed E-state index contributed by atoms with van der Waals surface area (Å²) in [7, 11) is 0. The Hall–Kier alpha value is -1.93. The molecule has 0 saturated carbocycles. The minimum atomic E-state index is -0.376. The highest BCUT2D eigenvalue weighted by molar-refractivity contribution is 8.02. The molecule has 0 bridgehead atoms. The summed E-state index contributed by atoms with van der Waals surface area (Å²) in [6, 6.07) is 8.66. The lowest BCUT2D eigenvalue weighted by molar-refractivity contribution is -0.121. The molecule has 0 fully saturated rings. The van der Waals surface area contributed by atoms with Crippen LogP contribution >= 0.6 is 23.1 Å². The third-order valence-corrected chi connectivity index (χ3v) is 4.23. The van der Waals surface area contributed by atoms with E-state index in [4.69, 9.17) is 0 Å². The van der Waals surface area contributed by atoms with Gasteiger partial charge in [0.1, 0.15) is 5.51 Å². The van der Waals surface area contributed by atoms with Gasteiger partial charge in [-0.05, 0) is 19.1 Å². The van der Waals surface area contributed by atoms with Crippen LogP contribution in [-0.2, 0) is 4.79 Å². The molecule has 0 aliphatic heterocycles. The average molecular weight is 308 g/mol. The van der Waals surface area contributed by atoms with E-state index in [9.17, 15) is 9.59 Å². The van der Waals surface area contributed by atoms with Crippen molar-refractivity contribution in [1.29, 1.82) is 0 Å². The molecule has 1 aromatic heterocycles. The number of nitrogens with one attached hydrogen (secondary N) is 2. The first-order valence-corrected chi connectivity index (χ1v) is 7.51. The van der Waals surface area contributed by atoms with Gasteiger partial charge in [-0.25, -0.2) is 0 Å². The third-order valence-electron chi connectivity index (χ3n) is 2.32. The standard InChI is InChI=1S/C12H12N4O2S2/c1-8(20-12-16-13-7-19-12)10(17)14-15-11(18)9-5-3-2-4-6-9/h2-8H,1H3,(H,14,17)(H,15,18). The minimum absolute atomic E-state index is 0.297. The number of aromatic nitrogens is 2. The zero-order valence-electron chi connectivity index (χ0n) is 10.6. The van der Waals surface area contributed by atoms with E-state index in [1.54, 1.807) is 36.7 Å². The Morgan fingerprint density at radius 1 is 1.25 bits per heavy atom. The van der Waals surface area contributed by atoms with Gasteiger partial charge >= 0.3 is 0 Å². The second-order valence-corrected chi connectivity index (χ2v) is 6.20. The molecular weight excluding hydrogens is 296 g/mol. The number of hydrogen-bond acceptors (Lipinski definition) is 6. The van der Waals surface area contributed by atoms with Crippen LogP contribution in [0.25, 0.3) is 0 Å². The Morgan fingerprint density at radius 2 is 2.00 bits per heavy atom. The zero-order valence-corrected chi connectivity index (χ0v) is 12.2. The van der Waals surface area contributed by atoms with Gasteiger partial charge in [-0.2, -0.15) is 0 Å². The maximum Gasteiger partial charge on any atom is 0.269 e. The first kappa shape index (κ1) is 14.5. The number of hydrogen-bond donors (Lipinski definition) is 2. The molecule has 8 heteroatoms. The van der Waals surface area contributed by atoms with Crippen LogP contribution in [0.3, 0.4) is 0 Å². The number of nitrogens with zero attached hydrogens (tertiary/aromatic N) is 2. The van der Waals surface area contributed by atoms with Gasteiger partial charge in [0.05, 0.1) is 5.25 Å². The van der Waals surface area contributed by atoms with Crippen molar-refractivity contribution in [3.8, 4) is 0 Å². The van der Waals surface area contributed by atoms with Crippen molar-refractivity contribution in [1.82, 2.24) is 21.0 Å². The second-order valence-electron chi connectivity index (χ2n) is 3.77. The van der Waals surface area contributed by atoms with E-state index >= 15 is 0 Å². The summed E-state index contributed by atoms with van der Waals surface area (Å²) in [5.41, 5.74) is 6.85. The van der Waals surface area contributed by atoms with Crippen LogP contribution in [0, 0.1) is 0 Å². The molecule has 0 radical (unpaired) electrons. The second kappa shape index (κ2) is 7.01. The fourth-order valence-corrected chi connectivity index (χ4v) is 2.93. The highest BCUT2D eigenvalue weighted by Gasteiger charge is 2.16. The van der Waals surface area contributed by atoms with Crippen molar-refractivity contribution in [2.75, 3.05) is 0 Å². The highest BCUT2D eigenvalue weighted by Crippen LogP contribution is 2.23. The smallest absolute Gasteiger partial charge is 0.269 e. The van der Waals surface area contributed by atoms with Crippen LogP contribution in [-0.4, -0.2) is 27.3 Å². The molecule has 0 spiro atoms. The molecule has 2 rings (SSSR count). The van der Waals surface area contributed by atoms with E-state index in [1.165, 1.54) is 23.1 Å². The van der Waals surface area contributed by atoms with Crippen molar-refractivity contribution < 1.29 is 9.59 Å². The lowest BCUT2D eigenvalue weighted by Crippen LogP contribution is -2.44. The monoisotopic (exact) mass is 308 g/mol. The maximum atomic E-state index is 11.8. The van der Waals surface area contributed by atoms with Crippen molar-refractivity contribution in [3.05, 3.63) is 41.4 Å².